The van der Waals surface area contributed by atoms with Crippen molar-refractivity contribution in [3.8, 4) is 0 Å². The molecule has 0 aliphatic carbocycles. The van der Waals surface area contributed by atoms with Crippen molar-refractivity contribution in [3.63, 3.8) is 0 Å². The number of hydrogen-bond donors (Lipinski definition) is 3. The minimum atomic E-state index is -5.39. The molecule has 0 aromatic heterocycles. The second-order valence-corrected chi connectivity index (χ2v) is 2.88. The maximum atomic E-state index is 8.88. The van der Waals surface area contributed by atoms with Crippen molar-refractivity contribution in [1.82, 2.24) is 0 Å². The summed E-state index contributed by atoms with van der Waals surface area (Å²) in [6, 6.07) is 0. The summed E-state index contributed by atoms with van der Waals surface area (Å²) < 4.78 is 17.4. The molecule has 0 fully saturated rings. The summed E-state index contributed by atoms with van der Waals surface area (Å²) in [6.45, 7) is 0. The zero-order chi connectivity index (χ0) is 9.00. The molecule has 0 radical (unpaired) electrons. The van der Waals surface area contributed by atoms with Crippen molar-refractivity contribution >= 4 is 24.1 Å². The van der Waals surface area contributed by atoms with Gasteiger partial charge in [0.25, 0.3) is 0 Å². The summed E-state index contributed by atoms with van der Waals surface area (Å²) in [5.41, 5.74) is 0. The van der Waals surface area contributed by atoms with E-state index in [0.717, 1.165) is 0 Å². The molecule has 0 aliphatic rings. The SMILES string of the molecule is O=P(O)(O)O.O=P([O-])([O-])[O-].[B+3]. The molecule has 0 bridgehead atoms. The van der Waals surface area contributed by atoms with E-state index in [-0.39, 0.29) is 8.41 Å². The Morgan fingerprint density at radius 3 is 0.909 bits per heavy atom. The molecule has 0 amide bonds. The summed E-state index contributed by atoms with van der Waals surface area (Å²) in [4.78, 5) is 47.2. The molecule has 0 spiro atoms. The topological polar surface area (TPSA) is 164 Å². The maximum Gasteiger partial charge on any atom is 3.00 e. The van der Waals surface area contributed by atoms with Gasteiger partial charge >= 0.3 is 16.2 Å². The van der Waals surface area contributed by atoms with Gasteiger partial charge in [-0.3, -0.25) is 0 Å². The van der Waals surface area contributed by atoms with E-state index in [1.54, 1.807) is 0 Å². The Hall–Kier alpha value is 0.285. The van der Waals surface area contributed by atoms with Gasteiger partial charge in [0.05, 0.1) is 0 Å². The Balaban J connectivity index is -0.000000107. The molecular weight excluding hydrogens is 201 g/mol. The van der Waals surface area contributed by atoms with Crippen LogP contribution >= 0.6 is 15.6 Å². The van der Waals surface area contributed by atoms with Crippen molar-refractivity contribution < 1.29 is 38.5 Å². The second-order valence-electron chi connectivity index (χ2n) is 0.960. The summed E-state index contributed by atoms with van der Waals surface area (Å²) in [6.07, 6.45) is 0. The molecular formula is H3BO8P2. The van der Waals surface area contributed by atoms with Crippen LogP contribution in [0.1, 0.15) is 0 Å². The summed E-state index contributed by atoms with van der Waals surface area (Å²) >= 11 is 0. The van der Waals surface area contributed by atoms with Crippen LogP contribution in [0.4, 0.5) is 0 Å². The van der Waals surface area contributed by atoms with E-state index in [0.29, 0.717) is 0 Å². The molecule has 64 valence electrons. The fourth-order valence-corrected chi connectivity index (χ4v) is 0. The minimum Gasteiger partial charge on any atom is -0.822 e. The van der Waals surface area contributed by atoms with Crippen LogP contribution in [0.5, 0.6) is 0 Å². The zero-order valence-corrected chi connectivity index (χ0v) is 6.64. The van der Waals surface area contributed by atoms with Gasteiger partial charge in [0.2, 0.25) is 0 Å². The molecule has 0 rings (SSSR count). The molecule has 0 aromatic rings. The number of phosphoric acid groups is 2. The van der Waals surface area contributed by atoms with E-state index < -0.39 is 15.6 Å². The van der Waals surface area contributed by atoms with Gasteiger partial charge in [-0.05, 0) is 0 Å². The van der Waals surface area contributed by atoms with Crippen LogP contribution in [0.2, 0.25) is 0 Å². The average Bonchev–Trinajstić information content (AvgIpc) is 1.12. The first-order valence-corrected chi connectivity index (χ1v) is 4.54. The molecule has 0 aliphatic heterocycles. The third-order valence-electron chi connectivity index (χ3n) is 0. The van der Waals surface area contributed by atoms with Crippen LogP contribution < -0.4 is 14.7 Å². The predicted octanol–water partition coefficient (Wildman–Crippen LogP) is -4.13. The minimum absolute atomic E-state index is 0. The molecule has 8 nitrogen and oxygen atoms in total. The monoisotopic (exact) mass is 204 g/mol. The summed E-state index contributed by atoms with van der Waals surface area (Å²) in [7, 11) is -10.0. The largest absolute Gasteiger partial charge is 3.00 e. The van der Waals surface area contributed by atoms with Crippen molar-refractivity contribution in [2.75, 3.05) is 0 Å². The third kappa shape index (κ3) is 8700. The van der Waals surface area contributed by atoms with Gasteiger partial charge in [0.15, 0.2) is 0 Å². The van der Waals surface area contributed by atoms with Crippen LogP contribution in [0.3, 0.4) is 0 Å². The van der Waals surface area contributed by atoms with Crippen LogP contribution in [0.15, 0.2) is 0 Å². The quantitative estimate of drug-likeness (QED) is 0.264. The van der Waals surface area contributed by atoms with E-state index in [2.05, 4.69) is 0 Å². The second kappa shape index (κ2) is 5.88. The van der Waals surface area contributed by atoms with Crippen molar-refractivity contribution in [2.45, 2.75) is 0 Å². The normalized spacial score (nSPS) is 10.7. The van der Waals surface area contributed by atoms with Crippen LogP contribution in [0, 0.1) is 0 Å². The molecule has 3 N–H and O–H groups in total. The number of rotatable bonds is 0. The Kier molecular flexibility index (Phi) is 9.29. The Morgan fingerprint density at radius 1 is 0.909 bits per heavy atom. The number of hydrogen-bond acceptors (Lipinski definition) is 5. The third-order valence-corrected chi connectivity index (χ3v) is 0. The van der Waals surface area contributed by atoms with E-state index in [9.17, 15) is 0 Å². The van der Waals surface area contributed by atoms with Gasteiger partial charge in [-0.2, -0.15) is 7.82 Å². The fourth-order valence-electron chi connectivity index (χ4n) is 0. The van der Waals surface area contributed by atoms with Crippen LogP contribution in [-0.4, -0.2) is 23.1 Å². The van der Waals surface area contributed by atoms with Gasteiger partial charge < -0.3 is 33.9 Å². The molecule has 0 aromatic carbocycles. The molecule has 0 saturated carbocycles. The van der Waals surface area contributed by atoms with Crippen molar-refractivity contribution in [1.29, 1.82) is 0 Å². The summed E-state index contributed by atoms with van der Waals surface area (Å²) in [5.74, 6) is 0. The average molecular weight is 204 g/mol. The van der Waals surface area contributed by atoms with E-state index in [1.807, 2.05) is 0 Å². The predicted molar refractivity (Wildman–Crippen MR) is 27.6 cm³/mol. The Morgan fingerprint density at radius 2 is 0.909 bits per heavy atom. The molecule has 11 heteroatoms. The first kappa shape index (κ1) is 17.4. The van der Waals surface area contributed by atoms with E-state index in [1.165, 1.54) is 0 Å². The molecule has 0 atom stereocenters. The smallest absolute Gasteiger partial charge is 0.822 e. The first-order valence-electron chi connectivity index (χ1n) is 1.51. The van der Waals surface area contributed by atoms with E-state index in [4.69, 9.17) is 38.5 Å². The molecule has 11 heavy (non-hydrogen) atoms. The van der Waals surface area contributed by atoms with Gasteiger partial charge in [-0.1, -0.05) is 0 Å². The van der Waals surface area contributed by atoms with Crippen molar-refractivity contribution in [2.24, 2.45) is 0 Å². The Labute approximate surface area is 63.6 Å². The van der Waals surface area contributed by atoms with Crippen LogP contribution in [-0.2, 0) is 9.13 Å². The van der Waals surface area contributed by atoms with Gasteiger partial charge in [0, 0.05) is 0 Å². The summed E-state index contributed by atoms with van der Waals surface area (Å²) in [5, 5.41) is 0. The van der Waals surface area contributed by atoms with E-state index >= 15 is 0 Å². The fraction of sp³-hybridized carbons (Fsp3) is 0. The molecule has 0 heterocycles. The molecule has 0 unspecified atom stereocenters. The van der Waals surface area contributed by atoms with Gasteiger partial charge in [-0.15, -0.1) is 0 Å². The first-order chi connectivity index (χ1) is 4.00. The molecule has 0 saturated heterocycles. The van der Waals surface area contributed by atoms with Gasteiger partial charge in [0.1, 0.15) is 0 Å². The van der Waals surface area contributed by atoms with Crippen LogP contribution in [0.25, 0.3) is 0 Å². The van der Waals surface area contributed by atoms with Gasteiger partial charge in [-0.25, -0.2) is 4.57 Å². The zero-order valence-electron chi connectivity index (χ0n) is 4.85. The maximum absolute atomic E-state index is 8.88. The Bertz CT molecular complexity index is 124. The standard InChI is InChI=1S/B.2H3O4P/c;2*1-5(2,3)4/h;2*(H3,1,2,3,4)/q+3;;/p-3. The van der Waals surface area contributed by atoms with Crippen molar-refractivity contribution in [3.05, 3.63) is 0 Å².